The van der Waals surface area contributed by atoms with Gasteiger partial charge in [0.05, 0.1) is 44.5 Å². The van der Waals surface area contributed by atoms with Crippen LogP contribution in [0.5, 0.6) is 0 Å². The van der Waals surface area contributed by atoms with Gasteiger partial charge in [-0.15, -0.1) is 0 Å². The number of hydrogen-bond donors (Lipinski definition) is 1. The second kappa shape index (κ2) is 10.3. The topological polar surface area (TPSA) is 30.6 Å². The molecule has 0 radical (unpaired) electrons. The predicted octanol–water partition coefficient (Wildman–Crippen LogP) is 12.6. The van der Waals surface area contributed by atoms with E-state index in [1.807, 2.05) is 0 Å². The fourth-order valence-electron chi connectivity index (χ4n) is 9.04. The maximum absolute atomic E-state index is 3.75. The van der Waals surface area contributed by atoms with Gasteiger partial charge < -0.3 is 18.7 Å². The third-order valence-corrected chi connectivity index (χ3v) is 11.2. The first-order valence-electron chi connectivity index (χ1n) is 17.9. The fraction of sp³-hybridized carbons (Fsp3) is 0. The summed E-state index contributed by atoms with van der Waals surface area (Å²) in [5.74, 6) is 0. The smallest absolute Gasteiger partial charge is 0.0803 e. The summed E-state index contributed by atoms with van der Waals surface area (Å²) in [7, 11) is 0. The van der Waals surface area contributed by atoms with E-state index < -0.39 is 0 Å². The number of rotatable bonds is 3. The number of para-hydroxylation sites is 6. The first-order valence-corrected chi connectivity index (χ1v) is 17.9. The van der Waals surface area contributed by atoms with Gasteiger partial charge in [0.25, 0.3) is 0 Å². The quantitative estimate of drug-likeness (QED) is 0.195. The Hall–Kier alpha value is -7.04. The highest BCUT2D eigenvalue weighted by atomic mass is 15.1. The van der Waals surface area contributed by atoms with E-state index in [0.29, 0.717) is 0 Å². The number of nitrogens with zero attached hydrogens (tertiary/aromatic N) is 3. The second-order valence-corrected chi connectivity index (χ2v) is 13.8. The summed E-state index contributed by atoms with van der Waals surface area (Å²) in [5, 5.41) is 9.91. The van der Waals surface area contributed by atoms with Gasteiger partial charge in [0.2, 0.25) is 0 Å². The van der Waals surface area contributed by atoms with E-state index in [2.05, 4.69) is 195 Å². The number of benzene rings is 8. The van der Waals surface area contributed by atoms with Crippen LogP contribution in [-0.2, 0) is 0 Å². The Balaban J connectivity index is 1.23. The lowest BCUT2D eigenvalue weighted by molar-refractivity contribution is 1.11. The van der Waals surface area contributed by atoms with Crippen molar-refractivity contribution in [1.82, 2.24) is 18.7 Å². The Kier molecular flexibility index (Phi) is 5.47. The molecule has 4 nitrogen and oxygen atoms in total. The standard InChI is InChI=1S/C48H30N4/c1-7-19-38-36(18-1)47-39(49-38)26-28-46(48(47)52-43-23-11-4-15-33(43)34-16-5-12-24-44(34)52)51-42-22-10-6-17-35(42)37-29-30(25-27-45(37)51)50-40-20-8-2-13-31(40)32-14-3-9-21-41(32)50/h1-29,49H. The molecule has 4 heteroatoms. The number of fused-ring (bicyclic) bond motifs is 12. The lowest BCUT2D eigenvalue weighted by Gasteiger charge is -2.18. The summed E-state index contributed by atoms with van der Waals surface area (Å²) in [6, 6.07) is 64.2. The summed E-state index contributed by atoms with van der Waals surface area (Å²) in [6.07, 6.45) is 0. The van der Waals surface area contributed by atoms with Gasteiger partial charge >= 0.3 is 0 Å². The molecule has 0 saturated heterocycles. The van der Waals surface area contributed by atoms with E-state index in [0.717, 1.165) is 22.4 Å². The van der Waals surface area contributed by atoms with E-state index in [-0.39, 0.29) is 0 Å². The highest BCUT2D eigenvalue weighted by Crippen LogP contribution is 2.43. The molecule has 0 unspecified atom stereocenters. The summed E-state index contributed by atoms with van der Waals surface area (Å²) >= 11 is 0. The predicted molar refractivity (Wildman–Crippen MR) is 219 cm³/mol. The third kappa shape index (κ3) is 3.60. The maximum Gasteiger partial charge on any atom is 0.0803 e. The Morgan fingerprint density at radius 2 is 0.750 bits per heavy atom. The Morgan fingerprint density at radius 1 is 0.308 bits per heavy atom. The molecule has 12 aromatic rings. The van der Waals surface area contributed by atoms with Crippen molar-refractivity contribution < 1.29 is 0 Å². The molecular formula is C48H30N4. The van der Waals surface area contributed by atoms with Crippen LogP contribution in [0.2, 0.25) is 0 Å². The van der Waals surface area contributed by atoms with Crippen LogP contribution in [0.3, 0.4) is 0 Å². The van der Waals surface area contributed by atoms with Crippen LogP contribution >= 0.6 is 0 Å². The highest BCUT2D eigenvalue weighted by Gasteiger charge is 2.23. The first kappa shape index (κ1) is 27.7. The zero-order chi connectivity index (χ0) is 33.9. The number of hydrogen-bond acceptors (Lipinski definition) is 0. The second-order valence-electron chi connectivity index (χ2n) is 13.8. The van der Waals surface area contributed by atoms with E-state index in [4.69, 9.17) is 0 Å². The number of aromatic nitrogens is 4. The lowest BCUT2D eigenvalue weighted by atomic mass is 10.1. The van der Waals surface area contributed by atoms with Gasteiger partial charge in [0.15, 0.2) is 0 Å². The van der Waals surface area contributed by atoms with Gasteiger partial charge in [0.1, 0.15) is 0 Å². The van der Waals surface area contributed by atoms with Crippen molar-refractivity contribution in [3.63, 3.8) is 0 Å². The Morgan fingerprint density at radius 3 is 1.33 bits per heavy atom. The summed E-state index contributed by atoms with van der Waals surface area (Å²) < 4.78 is 7.40. The molecule has 0 bridgehead atoms. The molecule has 0 aliphatic carbocycles. The highest BCUT2D eigenvalue weighted by molar-refractivity contribution is 6.18. The summed E-state index contributed by atoms with van der Waals surface area (Å²) in [5.41, 5.74) is 12.9. The monoisotopic (exact) mass is 662 g/mol. The number of H-pyrrole nitrogens is 1. The molecule has 0 atom stereocenters. The van der Waals surface area contributed by atoms with E-state index in [9.17, 15) is 0 Å². The molecule has 0 saturated carbocycles. The summed E-state index contributed by atoms with van der Waals surface area (Å²) in [4.78, 5) is 3.75. The van der Waals surface area contributed by atoms with Crippen LogP contribution in [0.4, 0.5) is 0 Å². The molecule has 242 valence electrons. The van der Waals surface area contributed by atoms with Gasteiger partial charge in [-0.1, -0.05) is 109 Å². The molecule has 4 heterocycles. The van der Waals surface area contributed by atoms with Crippen LogP contribution in [0.1, 0.15) is 0 Å². The van der Waals surface area contributed by atoms with Crippen LogP contribution in [0, 0.1) is 0 Å². The Bertz CT molecular complexity index is 3310. The van der Waals surface area contributed by atoms with Crippen molar-refractivity contribution in [3.05, 3.63) is 176 Å². The lowest BCUT2D eigenvalue weighted by Crippen LogP contribution is -2.04. The largest absolute Gasteiger partial charge is 0.354 e. The Labute approximate surface area is 298 Å². The SMILES string of the molecule is c1ccc2c(c1)[nH]c1ccc(-n3c4ccccc4c4cc(-n5c6ccccc6c6ccccc65)ccc43)c(-n3c4ccccc4c4ccccc43)c12. The fourth-order valence-corrected chi connectivity index (χ4v) is 9.04. The van der Waals surface area contributed by atoms with Gasteiger partial charge in [-0.25, -0.2) is 0 Å². The molecule has 8 aromatic carbocycles. The normalized spacial score (nSPS) is 12.2. The van der Waals surface area contributed by atoms with Crippen LogP contribution in [0.15, 0.2) is 176 Å². The minimum Gasteiger partial charge on any atom is -0.354 e. The third-order valence-electron chi connectivity index (χ3n) is 11.2. The van der Waals surface area contributed by atoms with Gasteiger partial charge in [-0.3, -0.25) is 0 Å². The van der Waals surface area contributed by atoms with E-state index >= 15 is 0 Å². The number of nitrogens with one attached hydrogen (secondary N) is 1. The molecule has 0 spiro atoms. The molecule has 0 fully saturated rings. The number of aromatic amines is 1. The van der Waals surface area contributed by atoms with Crippen LogP contribution < -0.4 is 0 Å². The molecule has 0 amide bonds. The zero-order valence-corrected chi connectivity index (χ0v) is 28.1. The van der Waals surface area contributed by atoms with Crippen molar-refractivity contribution in [3.8, 4) is 17.1 Å². The molecule has 4 aromatic heterocycles. The molecule has 0 aliphatic rings. The molecule has 52 heavy (non-hydrogen) atoms. The summed E-state index contributed by atoms with van der Waals surface area (Å²) in [6.45, 7) is 0. The van der Waals surface area contributed by atoms with Crippen molar-refractivity contribution in [2.45, 2.75) is 0 Å². The van der Waals surface area contributed by atoms with Crippen molar-refractivity contribution in [1.29, 1.82) is 0 Å². The van der Waals surface area contributed by atoms with Gasteiger partial charge in [-0.05, 0) is 66.7 Å². The average Bonchev–Trinajstić information content (AvgIpc) is 3.94. The molecule has 1 N–H and O–H groups in total. The molecule has 0 aliphatic heterocycles. The van der Waals surface area contributed by atoms with Crippen molar-refractivity contribution >= 4 is 87.2 Å². The van der Waals surface area contributed by atoms with Gasteiger partial charge in [-0.2, -0.15) is 0 Å². The van der Waals surface area contributed by atoms with E-state index in [1.54, 1.807) is 0 Å². The minimum absolute atomic E-state index is 1.12. The van der Waals surface area contributed by atoms with Crippen LogP contribution in [-0.4, -0.2) is 18.7 Å². The van der Waals surface area contributed by atoms with Crippen LogP contribution in [0.25, 0.3) is 104 Å². The maximum atomic E-state index is 3.75. The zero-order valence-electron chi connectivity index (χ0n) is 28.1. The van der Waals surface area contributed by atoms with E-state index in [1.165, 1.54) is 81.9 Å². The molecule has 12 rings (SSSR count). The first-order chi connectivity index (χ1) is 25.8. The van der Waals surface area contributed by atoms with Crippen molar-refractivity contribution in [2.75, 3.05) is 0 Å². The average molecular weight is 663 g/mol. The van der Waals surface area contributed by atoms with Crippen molar-refractivity contribution in [2.24, 2.45) is 0 Å². The van der Waals surface area contributed by atoms with Gasteiger partial charge in [0, 0.05) is 59.8 Å². The minimum atomic E-state index is 1.12. The molecular weight excluding hydrogens is 633 g/mol.